The molecule has 0 fully saturated rings. The normalized spacial score (nSPS) is 15.3. The Hall–Kier alpha value is -3.39. The topological polar surface area (TPSA) is 70.8 Å². The van der Waals surface area contributed by atoms with Crippen LogP contribution in [-0.2, 0) is 6.42 Å². The van der Waals surface area contributed by atoms with Crippen molar-refractivity contribution in [3.63, 3.8) is 0 Å². The molecule has 5 nitrogen and oxygen atoms in total. The number of nitriles is 1. The minimum atomic E-state index is 0.0288. The van der Waals surface area contributed by atoms with Crippen molar-refractivity contribution in [3.8, 4) is 23.1 Å². The van der Waals surface area contributed by atoms with Crippen molar-refractivity contribution in [3.05, 3.63) is 71.0 Å². The summed E-state index contributed by atoms with van der Waals surface area (Å²) in [5.74, 6) is 2.25. The Bertz CT molecular complexity index is 1070. The van der Waals surface area contributed by atoms with E-state index in [0.29, 0.717) is 11.6 Å². The lowest BCUT2D eigenvalue weighted by molar-refractivity contribution is 0.365. The molecular formula is C24H24N4O. The molecule has 0 unspecified atom stereocenters. The molecule has 1 aromatic heterocycles. The SMILES string of the molecule is Cc1nc(N[C@@H]2CCCc3ccccc32)cc(-c2ccc(C)c(OCC#N)c2)n1. The first-order chi connectivity index (χ1) is 14.1. The molecule has 1 aliphatic rings. The summed E-state index contributed by atoms with van der Waals surface area (Å²) in [4.78, 5) is 9.24. The molecule has 1 atom stereocenters. The smallest absolute Gasteiger partial charge is 0.174 e. The maximum atomic E-state index is 8.80. The molecule has 1 heterocycles. The van der Waals surface area contributed by atoms with Gasteiger partial charge in [-0.25, -0.2) is 9.97 Å². The zero-order valence-electron chi connectivity index (χ0n) is 16.8. The summed E-state index contributed by atoms with van der Waals surface area (Å²) in [6, 6.07) is 18.9. The molecule has 0 bridgehead atoms. The quantitative estimate of drug-likeness (QED) is 0.658. The highest BCUT2D eigenvalue weighted by molar-refractivity contribution is 5.65. The van der Waals surface area contributed by atoms with Crippen LogP contribution in [0, 0.1) is 25.2 Å². The molecule has 0 radical (unpaired) electrons. The monoisotopic (exact) mass is 384 g/mol. The first-order valence-electron chi connectivity index (χ1n) is 9.95. The van der Waals surface area contributed by atoms with Gasteiger partial charge in [-0.15, -0.1) is 0 Å². The number of hydrogen-bond acceptors (Lipinski definition) is 5. The fourth-order valence-corrected chi connectivity index (χ4v) is 3.90. The van der Waals surface area contributed by atoms with Crippen LogP contribution in [-0.4, -0.2) is 16.6 Å². The van der Waals surface area contributed by atoms with Gasteiger partial charge in [0.1, 0.15) is 23.5 Å². The number of aryl methyl sites for hydroxylation is 3. The van der Waals surface area contributed by atoms with E-state index in [0.717, 1.165) is 35.5 Å². The Kier molecular flexibility index (Phi) is 5.44. The van der Waals surface area contributed by atoms with E-state index < -0.39 is 0 Å². The molecule has 1 N–H and O–H groups in total. The number of hydrogen-bond donors (Lipinski definition) is 1. The lowest BCUT2D eigenvalue weighted by Crippen LogP contribution is -2.18. The number of fused-ring (bicyclic) bond motifs is 1. The summed E-state index contributed by atoms with van der Waals surface area (Å²) in [5, 5.41) is 12.4. The lowest BCUT2D eigenvalue weighted by atomic mass is 9.88. The third-order valence-corrected chi connectivity index (χ3v) is 5.31. The van der Waals surface area contributed by atoms with Gasteiger partial charge in [0.25, 0.3) is 0 Å². The second kappa shape index (κ2) is 8.32. The zero-order chi connectivity index (χ0) is 20.2. The summed E-state index contributed by atoms with van der Waals surface area (Å²) in [6.07, 6.45) is 3.40. The second-order valence-electron chi connectivity index (χ2n) is 7.40. The van der Waals surface area contributed by atoms with E-state index in [4.69, 9.17) is 10.00 Å². The van der Waals surface area contributed by atoms with E-state index in [1.54, 1.807) is 0 Å². The van der Waals surface area contributed by atoms with Crippen molar-refractivity contribution < 1.29 is 4.74 Å². The molecular weight excluding hydrogens is 360 g/mol. The number of nitrogens with zero attached hydrogens (tertiary/aromatic N) is 3. The molecule has 5 heteroatoms. The van der Waals surface area contributed by atoms with Crippen LogP contribution in [0.4, 0.5) is 5.82 Å². The molecule has 4 rings (SSSR count). The van der Waals surface area contributed by atoms with Gasteiger partial charge < -0.3 is 10.1 Å². The van der Waals surface area contributed by atoms with Crippen LogP contribution in [0.2, 0.25) is 0 Å². The van der Waals surface area contributed by atoms with Crippen LogP contribution in [0.5, 0.6) is 5.75 Å². The fourth-order valence-electron chi connectivity index (χ4n) is 3.90. The van der Waals surface area contributed by atoms with Crippen LogP contribution in [0.15, 0.2) is 48.5 Å². The van der Waals surface area contributed by atoms with Crippen LogP contribution in [0.3, 0.4) is 0 Å². The number of benzene rings is 2. The van der Waals surface area contributed by atoms with Gasteiger partial charge >= 0.3 is 0 Å². The van der Waals surface area contributed by atoms with Crippen LogP contribution < -0.4 is 10.1 Å². The molecule has 2 aromatic carbocycles. The molecule has 0 saturated heterocycles. The number of rotatable bonds is 5. The third kappa shape index (κ3) is 4.22. The van der Waals surface area contributed by atoms with Gasteiger partial charge in [0.05, 0.1) is 11.7 Å². The van der Waals surface area contributed by atoms with Crippen molar-refractivity contribution in [2.45, 2.75) is 39.2 Å². The second-order valence-corrected chi connectivity index (χ2v) is 7.40. The maximum Gasteiger partial charge on any atom is 0.174 e. The molecule has 0 aliphatic heterocycles. The largest absolute Gasteiger partial charge is 0.478 e. The van der Waals surface area contributed by atoms with Gasteiger partial charge in [0.2, 0.25) is 0 Å². The molecule has 0 amide bonds. The number of nitrogens with one attached hydrogen (secondary N) is 1. The van der Waals surface area contributed by atoms with E-state index in [2.05, 4.69) is 39.6 Å². The Morgan fingerprint density at radius 2 is 2.00 bits per heavy atom. The van der Waals surface area contributed by atoms with E-state index >= 15 is 0 Å². The summed E-state index contributed by atoms with van der Waals surface area (Å²) in [6.45, 7) is 3.90. The van der Waals surface area contributed by atoms with Crippen molar-refractivity contribution >= 4 is 5.82 Å². The summed E-state index contributed by atoms with van der Waals surface area (Å²) < 4.78 is 5.55. The molecule has 0 spiro atoms. The highest BCUT2D eigenvalue weighted by Gasteiger charge is 2.20. The third-order valence-electron chi connectivity index (χ3n) is 5.31. The van der Waals surface area contributed by atoms with Crippen molar-refractivity contribution in [2.24, 2.45) is 0 Å². The first-order valence-corrected chi connectivity index (χ1v) is 9.95. The Balaban J connectivity index is 1.63. The van der Waals surface area contributed by atoms with Gasteiger partial charge in [0.15, 0.2) is 6.61 Å². The van der Waals surface area contributed by atoms with Crippen molar-refractivity contribution in [1.82, 2.24) is 9.97 Å². The van der Waals surface area contributed by atoms with Gasteiger partial charge in [-0.3, -0.25) is 0 Å². The predicted molar refractivity (Wildman–Crippen MR) is 114 cm³/mol. The summed E-state index contributed by atoms with van der Waals surface area (Å²) in [7, 11) is 0. The van der Waals surface area contributed by atoms with Crippen LogP contribution in [0.1, 0.15) is 41.4 Å². The maximum absolute atomic E-state index is 8.80. The molecule has 3 aromatic rings. The van der Waals surface area contributed by atoms with Gasteiger partial charge in [-0.1, -0.05) is 36.4 Å². The molecule has 0 saturated carbocycles. The Morgan fingerprint density at radius 1 is 1.14 bits per heavy atom. The first kappa shape index (κ1) is 18.9. The van der Waals surface area contributed by atoms with Crippen LogP contribution in [0.25, 0.3) is 11.3 Å². The van der Waals surface area contributed by atoms with E-state index in [9.17, 15) is 0 Å². The molecule has 146 valence electrons. The van der Waals surface area contributed by atoms with Gasteiger partial charge in [-0.05, 0) is 55.9 Å². The Morgan fingerprint density at radius 3 is 2.86 bits per heavy atom. The highest BCUT2D eigenvalue weighted by Crippen LogP contribution is 2.33. The highest BCUT2D eigenvalue weighted by atomic mass is 16.5. The Labute approximate surface area is 171 Å². The average molecular weight is 384 g/mol. The number of anilines is 1. The molecule has 1 aliphatic carbocycles. The lowest BCUT2D eigenvalue weighted by Gasteiger charge is -2.27. The van der Waals surface area contributed by atoms with E-state index in [-0.39, 0.29) is 12.6 Å². The average Bonchev–Trinajstić information content (AvgIpc) is 2.73. The van der Waals surface area contributed by atoms with Gasteiger partial charge in [-0.2, -0.15) is 5.26 Å². The minimum absolute atomic E-state index is 0.0288. The van der Waals surface area contributed by atoms with Gasteiger partial charge in [0, 0.05) is 11.6 Å². The van der Waals surface area contributed by atoms with E-state index in [1.165, 1.54) is 17.5 Å². The van der Waals surface area contributed by atoms with E-state index in [1.807, 2.05) is 44.2 Å². The standard InChI is InChI=1S/C24H24N4O/c1-16-10-11-19(14-23(16)29-13-12-25)22-15-24(27-17(2)26-22)28-21-9-5-7-18-6-3-4-8-20(18)21/h3-4,6,8,10-11,14-15,21H,5,7,9,13H2,1-2H3,(H,26,27,28)/t21-/m1/s1. The van der Waals surface area contributed by atoms with Crippen molar-refractivity contribution in [2.75, 3.05) is 11.9 Å². The minimum Gasteiger partial charge on any atom is -0.478 e. The number of ether oxygens (including phenoxy) is 1. The van der Waals surface area contributed by atoms with Crippen molar-refractivity contribution in [1.29, 1.82) is 5.26 Å². The fraction of sp³-hybridized carbons (Fsp3) is 0.292. The predicted octanol–water partition coefficient (Wildman–Crippen LogP) is 5.15. The zero-order valence-corrected chi connectivity index (χ0v) is 16.8. The van der Waals surface area contributed by atoms with Crippen LogP contribution >= 0.6 is 0 Å². The number of aromatic nitrogens is 2. The summed E-state index contributed by atoms with van der Waals surface area (Å²) >= 11 is 0. The summed E-state index contributed by atoms with van der Waals surface area (Å²) in [5.41, 5.74) is 5.55. The molecule has 29 heavy (non-hydrogen) atoms.